The van der Waals surface area contributed by atoms with Crippen LogP contribution in [0.4, 0.5) is 10.5 Å². The molecule has 0 aliphatic carbocycles. The van der Waals surface area contributed by atoms with Gasteiger partial charge >= 0.3 is 6.03 Å². The van der Waals surface area contributed by atoms with Crippen molar-refractivity contribution in [1.29, 1.82) is 0 Å². The van der Waals surface area contributed by atoms with Crippen LogP contribution in [-0.2, 0) is 4.79 Å². The zero-order valence-corrected chi connectivity index (χ0v) is 14.5. The molecule has 2 heterocycles. The van der Waals surface area contributed by atoms with E-state index in [0.29, 0.717) is 17.4 Å². The molecule has 0 aromatic heterocycles. The van der Waals surface area contributed by atoms with Crippen LogP contribution in [0.5, 0.6) is 5.75 Å². The lowest BCUT2D eigenvalue weighted by molar-refractivity contribution is -0.116. The average molecular weight is 349 g/mol. The molecule has 0 radical (unpaired) electrons. The van der Waals surface area contributed by atoms with Gasteiger partial charge < -0.3 is 21.1 Å². The van der Waals surface area contributed by atoms with Crippen molar-refractivity contribution in [2.45, 2.75) is 49.9 Å². The Morgan fingerprint density at radius 3 is 3.00 bits per heavy atom. The Kier molecular flexibility index (Phi) is 5.18. The van der Waals surface area contributed by atoms with Gasteiger partial charge in [0.05, 0.1) is 17.8 Å². The molecule has 1 aromatic rings. The number of aromatic hydroxyl groups is 1. The SMILES string of the molecule is Cc1ccc(NC(=O)CCCC[C@@H]2SC[C@@H]3NC(=O)N[C@@H]32)c(O)c1. The summed E-state index contributed by atoms with van der Waals surface area (Å²) in [6, 6.07) is 5.61. The van der Waals surface area contributed by atoms with Crippen molar-refractivity contribution in [2.24, 2.45) is 0 Å². The minimum absolute atomic E-state index is 0.0624. The second kappa shape index (κ2) is 7.34. The largest absolute Gasteiger partial charge is 0.506 e. The summed E-state index contributed by atoms with van der Waals surface area (Å²) in [6.07, 6.45) is 3.18. The molecule has 2 saturated heterocycles. The fourth-order valence-corrected chi connectivity index (χ4v) is 4.78. The molecule has 1 aromatic carbocycles. The number of rotatable bonds is 6. The summed E-state index contributed by atoms with van der Waals surface area (Å²) in [5.41, 5.74) is 1.41. The summed E-state index contributed by atoms with van der Waals surface area (Å²) in [4.78, 5) is 23.3. The van der Waals surface area contributed by atoms with Crippen molar-refractivity contribution in [3.05, 3.63) is 23.8 Å². The Balaban J connectivity index is 1.37. The van der Waals surface area contributed by atoms with Gasteiger partial charge in [-0.2, -0.15) is 11.8 Å². The second-order valence-corrected chi connectivity index (χ2v) is 7.71. The Morgan fingerprint density at radius 2 is 2.21 bits per heavy atom. The van der Waals surface area contributed by atoms with E-state index in [-0.39, 0.29) is 29.8 Å². The quantitative estimate of drug-likeness (QED) is 0.360. The van der Waals surface area contributed by atoms with E-state index < -0.39 is 0 Å². The Morgan fingerprint density at radius 1 is 1.38 bits per heavy atom. The number of carbonyl (C=O) groups is 2. The molecule has 3 rings (SSSR count). The first-order valence-electron chi connectivity index (χ1n) is 8.31. The summed E-state index contributed by atoms with van der Waals surface area (Å²) < 4.78 is 0. The van der Waals surface area contributed by atoms with E-state index in [2.05, 4.69) is 16.0 Å². The molecule has 4 N–H and O–H groups in total. The summed E-state index contributed by atoms with van der Waals surface area (Å²) in [7, 11) is 0. The number of thioether (sulfide) groups is 1. The van der Waals surface area contributed by atoms with Gasteiger partial charge in [-0.3, -0.25) is 4.79 Å². The molecule has 6 nitrogen and oxygen atoms in total. The number of phenols is 1. The smallest absolute Gasteiger partial charge is 0.315 e. The first kappa shape index (κ1) is 17.0. The predicted octanol–water partition coefficient (Wildman–Crippen LogP) is 2.36. The van der Waals surface area contributed by atoms with Crippen LogP contribution in [0.1, 0.15) is 31.2 Å². The zero-order chi connectivity index (χ0) is 17.1. The third-order valence-electron chi connectivity index (χ3n) is 4.51. The molecule has 0 saturated carbocycles. The number of unbranched alkanes of at least 4 members (excludes halogenated alkanes) is 1. The molecular weight excluding hydrogens is 326 g/mol. The maximum absolute atomic E-state index is 12.0. The van der Waals surface area contributed by atoms with Crippen LogP contribution < -0.4 is 16.0 Å². The molecule has 130 valence electrons. The average Bonchev–Trinajstić information content (AvgIpc) is 3.06. The van der Waals surface area contributed by atoms with Crippen molar-refractivity contribution in [2.75, 3.05) is 11.1 Å². The highest BCUT2D eigenvalue weighted by atomic mass is 32.2. The van der Waals surface area contributed by atoms with Crippen LogP contribution in [0, 0.1) is 6.92 Å². The number of carbonyl (C=O) groups excluding carboxylic acids is 2. The highest BCUT2D eigenvalue weighted by Gasteiger charge is 2.42. The summed E-state index contributed by atoms with van der Waals surface area (Å²) >= 11 is 1.89. The highest BCUT2D eigenvalue weighted by molar-refractivity contribution is 8.00. The number of aryl methyl sites for hydroxylation is 1. The van der Waals surface area contributed by atoms with Crippen LogP contribution >= 0.6 is 11.8 Å². The lowest BCUT2D eigenvalue weighted by Gasteiger charge is -2.16. The van der Waals surface area contributed by atoms with Crippen LogP contribution in [0.3, 0.4) is 0 Å². The van der Waals surface area contributed by atoms with Gasteiger partial charge in [-0.05, 0) is 37.5 Å². The van der Waals surface area contributed by atoms with Gasteiger partial charge in [-0.25, -0.2) is 4.79 Å². The topological polar surface area (TPSA) is 90.5 Å². The van der Waals surface area contributed by atoms with E-state index >= 15 is 0 Å². The molecule has 0 spiro atoms. The van der Waals surface area contributed by atoms with Gasteiger partial charge in [0.15, 0.2) is 0 Å². The van der Waals surface area contributed by atoms with Gasteiger partial charge in [0.2, 0.25) is 5.91 Å². The zero-order valence-electron chi connectivity index (χ0n) is 13.7. The van der Waals surface area contributed by atoms with Crippen molar-refractivity contribution in [3.63, 3.8) is 0 Å². The van der Waals surface area contributed by atoms with Crippen molar-refractivity contribution in [3.8, 4) is 5.75 Å². The molecule has 0 unspecified atom stereocenters. The van der Waals surface area contributed by atoms with Crippen molar-refractivity contribution >= 4 is 29.4 Å². The molecule has 0 bridgehead atoms. The van der Waals surface area contributed by atoms with E-state index in [0.717, 1.165) is 30.6 Å². The van der Waals surface area contributed by atoms with E-state index in [9.17, 15) is 14.7 Å². The molecule has 7 heteroatoms. The van der Waals surface area contributed by atoms with Gasteiger partial charge in [-0.15, -0.1) is 0 Å². The number of nitrogens with one attached hydrogen (secondary N) is 3. The number of hydrogen-bond donors (Lipinski definition) is 4. The first-order valence-corrected chi connectivity index (χ1v) is 9.36. The molecular formula is C17H23N3O3S. The third kappa shape index (κ3) is 3.95. The van der Waals surface area contributed by atoms with Crippen molar-refractivity contribution in [1.82, 2.24) is 10.6 Å². The van der Waals surface area contributed by atoms with Gasteiger partial charge in [-0.1, -0.05) is 12.5 Å². The maximum atomic E-state index is 12.0. The monoisotopic (exact) mass is 349 g/mol. The number of fused-ring (bicyclic) bond motifs is 1. The minimum Gasteiger partial charge on any atom is -0.506 e. The normalized spacial score (nSPS) is 25.0. The molecule has 3 atom stereocenters. The number of anilines is 1. The van der Waals surface area contributed by atoms with Gasteiger partial charge in [0.25, 0.3) is 0 Å². The Labute approximate surface area is 145 Å². The lowest BCUT2D eigenvalue weighted by atomic mass is 10.0. The maximum Gasteiger partial charge on any atom is 0.315 e. The highest BCUT2D eigenvalue weighted by Crippen LogP contribution is 2.33. The van der Waals surface area contributed by atoms with E-state index in [1.807, 2.05) is 24.8 Å². The third-order valence-corrected chi connectivity index (χ3v) is 6.02. The van der Waals surface area contributed by atoms with Crippen LogP contribution in [0.25, 0.3) is 0 Å². The summed E-state index contributed by atoms with van der Waals surface area (Å²) in [6.45, 7) is 1.89. The standard InChI is InChI=1S/C17H23N3O3S/c1-10-6-7-11(13(21)8-10)18-15(22)5-3-2-4-14-16-12(9-24-14)19-17(23)20-16/h6-8,12,14,16,21H,2-5,9H2,1H3,(H,18,22)(H2,19,20,23)/t12-,14-,16-/m0/s1. The Hall–Kier alpha value is -1.89. The fourth-order valence-electron chi connectivity index (χ4n) is 3.23. The number of urea groups is 1. The summed E-state index contributed by atoms with van der Waals surface area (Å²) in [5, 5.41) is 18.9. The number of phenolic OH excluding ortho intramolecular Hbond substituents is 1. The first-order chi connectivity index (χ1) is 11.5. The number of benzene rings is 1. The minimum atomic E-state index is -0.0815. The van der Waals surface area contributed by atoms with Crippen LogP contribution in [0.2, 0.25) is 0 Å². The molecule has 2 aliphatic heterocycles. The lowest BCUT2D eigenvalue weighted by Crippen LogP contribution is -2.36. The second-order valence-electron chi connectivity index (χ2n) is 6.44. The van der Waals surface area contributed by atoms with Gasteiger partial charge in [0, 0.05) is 17.4 Å². The number of hydrogen-bond acceptors (Lipinski definition) is 4. The molecule has 2 fully saturated rings. The van der Waals surface area contributed by atoms with E-state index in [1.54, 1.807) is 12.1 Å². The summed E-state index contributed by atoms with van der Waals surface area (Å²) in [5.74, 6) is 0.976. The van der Waals surface area contributed by atoms with E-state index in [4.69, 9.17) is 0 Å². The van der Waals surface area contributed by atoms with Crippen LogP contribution in [-0.4, -0.2) is 40.1 Å². The van der Waals surface area contributed by atoms with E-state index in [1.165, 1.54) is 0 Å². The molecule has 2 aliphatic rings. The molecule has 24 heavy (non-hydrogen) atoms. The Bertz CT molecular complexity index is 638. The molecule has 3 amide bonds. The predicted molar refractivity (Wildman–Crippen MR) is 95.4 cm³/mol. The fraction of sp³-hybridized carbons (Fsp3) is 0.529. The van der Waals surface area contributed by atoms with Crippen LogP contribution in [0.15, 0.2) is 18.2 Å². The van der Waals surface area contributed by atoms with Crippen molar-refractivity contribution < 1.29 is 14.7 Å². The number of amides is 3. The van der Waals surface area contributed by atoms with Gasteiger partial charge in [0.1, 0.15) is 5.75 Å².